The molecule has 1 atom stereocenters. The van der Waals surface area contributed by atoms with E-state index in [1.165, 1.54) is 0 Å². The lowest BCUT2D eigenvalue weighted by atomic mass is 10.0. The largest absolute Gasteiger partial charge is 0.370 e. The van der Waals surface area contributed by atoms with Crippen LogP contribution in [0.25, 0.3) is 11.0 Å². The Kier molecular flexibility index (Phi) is 7.05. The van der Waals surface area contributed by atoms with E-state index in [0.717, 1.165) is 53.9 Å². The minimum Gasteiger partial charge on any atom is -0.370 e. The van der Waals surface area contributed by atoms with Gasteiger partial charge in [-0.25, -0.2) is 4.98 Å². The molecule has 5 N–H and O–H groups in total. The van der Waals surface area contributed by atoms with E-state index in [0.29, 0.717) is 13.0 Å². The van der Waals surface area contributed by atoms with Crippen molar-refractivity contribution in [3.63, 3.8) is 0 Å². The number of nitrogens with zero attached hydrogens (tertiary/aromatic N) is 2. The summed E-state index contributed by atoms with van der Waals surface area (Å²) in [5.41, 5.74) is 9.22. The Morgan fingerprint density at radius 3 is 2.88 bits per heavy atom. The van der Waals surface area contributed by atoms with Crippen LogP contribution in [-0.4, -0.2) is 53.6 Å². The highest BCUT2D eigenvalue weighted by Gasteiger charge is 2.26. The summed E-state index contributed by atoms with van der Waals surface area (Å²) in [6.45, 7) is 2.64. The highest BCUT2D eigenvalue weighted by molar-refractivity contribution is 5.75. The maximum Gasteiger partial charge on any atom is 0.185 e. The molecule has 7 heteroatoms. The van der Waals surface area contributed by atoms with Crippen LogP contribution >= 0.6 is 0 Å². The molecule has 32 heavy (non-hydrogen) atoms. The maximum atomic E-state index is 7.20. The fraction of sp³-hybridized carbons (Fsp3) is 0.360. The third kappa shape index (κ3) is 5.67. The van der Waals surface area contributed by atoms with Crippen LogP contribution in [0.1, 0.15) is 42.3 Å². The van der Waals surface area contributed by atoms with Crippen molar-refractivity contribution in [3.8, 4) is 11.8 Å². The van der Waals surface area contributed by atoms with E-state index >= 15 is 0 Å². The van der Waals surface area contributed by atoms with Crippen LogP contribution in [-0.2, 0) is 4.74 Å². The van der Waals surface area contributed by atoms with Crippen molar-refractivity contribution in [1.29, 1.82) is 5.41 Å². The standard InChI is InChI=1S/C25H30N6O/c1-31-15-12-20(13-16-31)32-23(24-29-21-10-2-3-11-22(21)30-24)19-9-6-8-18(17-19)7-4-5-14-28-25(26)27/h2-3,6,8-11,17,20,23H,5,12-16H2,1H3,(H,29,30)(H4,26,27,28). The number of hydrogen-bond donors (Lipinski definition) is 4. The third-order valence-electron chi connectivity index (χ3n) is 5.64. The van der Waals surface area contributed by atoms with Crippen LogP contribution < -0.4 is 11.1 Å². The lowest BCUT2D eigenvalue weighted by molar-refractivity contribution is -0.0264. The highest BCUT2D eigenvalue weighted by atomic mass is 16.5. The summed E-state index contributed by atoms with van der Waals surface area (Å²) >= 11 is 0. The van der Waals surface area contributed by atoms with E-state index < -0.39 is 0 Å². The number of imidazole rings is 1. The Bertz CT molecular complexity index is 1090. The molecule has 1 aromatic heterocycles. The van der Waals surface area contributed by atoms with Crippen LogP contribution in [0.2, 0.25) is 0 Å². The van der Waals surface area contributed by atoms with Gasteiger partial charge in [0.25, 0.3) is 0 Å². The number of hydrogen-bond acceptors (Lipinski definition) is 4. The molecule has 0 spiro atoms. The second-order valence-corrected chi connectivity index (χ2v) is 8.18. The summed E-state index contributed by atoms with van der Waals surface area (Å²) in [5, 5.41) is 9.97. The number of likely N-dealkylation sites (tertiary alicyclic amines) is 1. The number of nitrogens with two attached hydrogens (primary N) is 1. The Morgan fingerprint density at radius 2 is 2.09 bits per heavy atom. The topological polar surface area (TPSA) is 103 Å². The van der Waals surface area contributed by atoms with E-state index in [9.17, 15) is 0 Å². The van der Waals surface area contributed by atoms with Crippen LogP contribution in [0.5, 0.6) is 0 Å². The van der Waals surface area contributed by atoms with E-state index in [2.05, 4.69) is 46.2 Å². The number of benzene rings is 2. The molecule has 166 valence electrons. The van der Waals surface area contributed by atoms with E-state index in [1.54, 1.807) is 0 Å². The van der Waals surface area contributed by atoms with Crippen molar-refractivity contribution in [2.75, 3.05) is 26.7 Å². The summed E-state index contributed by atoms with van der Waals surface area (Å²) in [6.07, 6.45) is 2.54. The Labute approximate surface area is 188 Å². The molecule has 0 amide bonds. The fourth-order valence-electron chi connectivity index (χ4n) is 3.91. The van der Waals surface area contributed by atoms with Crippen LogP contribution in [0.4, 0.5) is 0 Å². The molecule has 1 aliphatic rings. The molecule has 1 unspecified atom stereocenters. The van der Waals surface area contributed by atoms with Gasteiger partial charge in [-0.3, -0.25) is 5.41 Å². The molecule has 7 nitrogen and oxygen atoms in total. The molecule has 0 saturated carbocycles. The molecule has 1 fully saturated rings. The van der Waals surface area contributed by atoms with Crippen molar-refractivity contribution in [3.05, 3.63) is 65.5 Å². The molecule has 3 aromatic rings. The summed E-state index contributed by atoms with van der Waals surface area (Å²) in [4.78, 5) is 10.6. The van der Waals surface area contributed by atoms with Crippen LogP contribution in [0, 0.1) is 17.3 Å². The lowest BCUT2D eigenvalue weighted by Crippen LogP contribution is -2.35. The predicted octanol–water partition coefficient (Wildman–Crippen LogP) is 2.99. The molecule has 2 heterocycles. The van der Waals surface area contributed by atoms with Gasteiger partial charge in [-0.15, -0.1) is 0 Å². The molecular formula is C25H30N6O. The zero-order valence-electron chi connectivity index (χ0n) is 18.4. The van der Waals surface area contributed by atoms with E-state index in [-0.39, 0.29) is 18.2 Å². The van der Waals surface area contributed by atoms with Gasteiger partial charge in [-0.2, -0.15) is 0 Å². The number of piperidine rings is 1. The average molecular weight is 431 g/mol. The first-order valence-corrected chi connectivity index (χ1v) is 11.0. The SMILES string of the molecule is CN1CCC(OC(c2cccc(C#CCCNC(=N)N)c2)c2nc3ccccc3[nH]2)CC1. The Balaban J connectivity index is 1.58. The molecule has 0 bridgehead atoms. The second kappa shape index (κ2) is 10.3. The van der Waals surface area contributed by atoms with Crippen molar-refractivity contribution >= 4 is 17.0 Å². The molecule has 0 radical (unpaired) electrons. The van der Waals surface area contributed by atoms with Crippen molar-refractivity contribution < 1.29 is 4.74 Å². The predicted molar refractivity (Wildman–Crippen MR) is 127 cm³/mol. The van der Waals surface area contributed by atoms with Crippen LogP contribution in [0.15, 0.2) is 48.5 Å². The fourth-order valence-corrected chi connectivity index (χ4v) is 3.91. The Hall–Kier alpha value is -3.34. The normalized spacial score (nSPS) is 15.8. The number of guanidine groups is 1. The number of rotatable bonds is 6. The number of aromatic nitrogens is 2. The summed E-state index contributed by atoms with van der Waals surface area (Å²) in [6, 6.07) is 16.2. The number of aromatic amines is 1. The van der Waals surface area contributed by atoms with Crippen molar-refractivity contribution in [1.82, 2.24) is 20.2 Å². The molecule has 1 saturated heterocycles. The van der Waals surface area contributed by atoms with Gasteiger partial charge in [0.15, 0.2) is 5.96 Å². The number of nitrogens with one attached hydrogen (secondary N) is 3. The van der Waals surface area contributed by atoms with Gasteiger partial charge >= 0.3 is 0 Å². The van der Waals surface area contributed by atoms with Crippen molar-refractivity contribution in [2.24, 2.45) is 5.73 Å². The average Bonchev–Trinajstić information content (AvgIpc) is 3.22. The molecule has 2 aromatic carbocycles. The molecule has 0 aliphatic carbocycles. The van der Waals surface area contributed by atoms with Gasteiger partial charge in [-0.1, -0.05) is 36.1 Å². The number of fused-ring (bicyclic) bond motifs is 1. The van der Waals surface area contributed by atoms with Crippen molar-refractivity contribution in [2.45, 2.75) is 31.5 Å². The summed E-state index contributed by atoms with van der Waals surface area (Å²) in [5.74, 6) is 7.13. The smallest absolute Gasteiger partial charge is 0.185 e. The minimum absolute atomic E-state index is 0.0338. The minimum atomic E-state index is -0.281. The van der Waals surface area contributed by atoms with Crippen LogP contribution in [0.3, 0.4) is 0 Å². The van der Waals surface area contributed by atoms with Gasteiger partial charge < -0.3 is 25.7 Å². The monoisotopic (exact) mass is 430 g/mol. The Morgan fingerprint density at radius 1 is 1.28 bits per heavy atom. The zero-order valence-corrected chi connectivity index (χ0v) is 18.4. The maximum absolute atomic E-state index is 7.20. The first-order valence-electron chi connectivity index (χ1n) is 11.0. The highest BCUT2D eigenvalue weighted by Crippen LogP contribution is 2.30. The van der Waals surface area contributed by atoms with Gasteiger partial charge in [-0.05, 0) is 49.7 Å². The van der Waals surface area contributed by atoms with E-state index in [4.69, 9.17) is 20.9 Å². The quantitative estimate of drug-likeness (QED) is 0.208. The number of ether oxygens (including phenoxy) is 1. The number of para-hydroxylation sites is 2. The zero-order chi connectivity index (χ0) is 22.3. The van der Waals surface area contributed by atoms with Gasteiger partial charge in [0.2, 0.25) is 0 Å². The van der Waals surface area contributed by atoms with Gasteiger partial charge in [0.05, 0.1) is 17.1 Å². The summed E-state index contributed by atoms with van der Waals surface area (Å²) < 4.78 is 6.65. The van der Waals surface area contributed by atoms with Gasteiger partial charge in [0, 0.05) is 31.6 Å². The molecule has 1 aliphatic heterocycles. The third-order valence-corrected chi connectivity index (χ3v) is 5.64. The molecular weight excluding hydrogens is 400 g/mol. The first-order chi connectivity index (χ1) is 15.6. The lowest BCUT2D eigenvalue weighted by Gasteiger charge is -2.31. The molecule has 4 rings (SSSR count). The summed E-state index contributed by atoms with van der Waals surface area (Å²) in [7, 11) is 2.15. The second-order valence-electron chi connectivity index (χ2n) is 8.18. The van der Waals surface area contributed by atoms with E-state index in [1.807, 2.05) is 36.4 Å². The van der Waals surface area contributed by atoms with Gasteiger partial charge in [0.1, 0.15) is 11.9 Å². The number of H-pyrrole nitrogens is 1. The first kappa shape index (κ1) is 21.9.